The van der Waals surface area contributed by atoms with Gasteiger partial charge in [-0.3, -0.25) is 4.79 Å². The number of fused-ring (bicyclic) bond motifs is 2. The highest BCUT2D eigenvalue weighted by atomic mass is 19.1. The molecule has 1 amide bonds. The van der Waals surface area contributed by atoms with E-state index in [0.717, 1.165) is 38.9 Å². The maximum atomic E-state index is 13.7. The summed E-state index contributed by atoms with van der Waals surface area (Å²) in [5.41, 5.74) is 6.01. The third-order valence-corrected chi connectivity index (χ3v) is 6.48. The molecule has 3 nitrogen and oxygen atoms in total. The number of rotatable bonds is 4. The maximum absolute atomic E-state index is 13.7. The maximum Gasteiger partial charge on any atom is 0.255 e. The summed E-state index contributed by atoms with van der Waals surface area (Å²) in [4.78, 5) is 18.9. The number of nitrogens with one attached hydrogen (secondary N) is 1. The molecule has 1 aliphatic heterocycles. The van der Waals surface area contributed by atoms with Crippen LogP contribution < -0.4 is 0 Å². The summed E-state index contributed by atoms with van der Waals surface area (Å²) in [7, 11) is 0. The van der Waals surface area contributed by atoms with Crippen LogP contribution >= 0.6 is 0 Å². The molecular weight excluding hydrogens is 430 g/mol. The Bertz CT molecular complexity index is 1520. The normalized spacial score (nSPS) is 15.2. The van der Waals surface area contributed by atoms with Gasteiger partial charge in [0.15, 0.2) is 0 Å². The second-order valence-corrected chi connectivity index (χ2v) is 8.52. The van der Waals surface area contributed by atoms with Crippen LogP contribution in [0.4, 0.5) is 8.78 Å². The lowest BCUT2D eigenvalue weighted by molar-refractivity contribution is 0.0737. The van der Waals surface area contributed by atoms with Crippen LogP contribution in [0, 0.1) is 11.6 Å². The van der Waals surface area contributed by atoms with Gasteiger partial charge in [0.25, 0.3) is 5.91 Å². The van der Waals surface area contributed by atoms with E-state index in [1.54, 1.807) is 24.3 Å². The molecule has 2 heterocycles. The largest absolute Gasteiger partial charge is 0.354 e. The van der Waals surface area contributed by atoms with Crippen molar-refractivity contribution in [1.82, 2.24) is 9.88 Å². The first-order valence-electron chi connectivity index (χ1n) is 11.1. The molecule has 5 heteroatoms. The van der Waals surface area contributed by atoms with E-state index in [1.165, 1.54) is 24.3 Å². The fourth-order valence-electron chi connectivity index (χ4n) is 4.92. The number of H-pyrrole nitrogens is 1. The Kier molecular flexibility index (Phi) is 4.77. The van der Waals surface area contributed by atoms with Crippen molar-refractivity contribution in [2.45, 2.75) is 12.6 Å². The van der Waals surface area contributed by atoms with Crippen LogP contribution in [-0.2, 0) is 6.54 Å². The van der Waals surface area contributed by atoms with Gasteiger partial charge in [0.2, 0.25) is 0 Å². The molecule has 1 unspecified atom stereocenters. The van der Waals surface area contributed by atoms with Crippen LogP contribution in [0.1, 0.15) is 33.1 Å². The number of benzene rings is 4. The van der Waals surface area contributed by atoms with E-state index in [4.69, 9.17) is 0 Å². The van der Waals surface area contributed by atoms with Crippen LogP contribution in [0.3, 0.4) is 0 Å². The topological polar surface area (TPSA) is 36.1 Å². The predicted octanol–water partition coefficient (Wildman–Crippen LogP) is 6.86. The molecule has 0 radical (unpaired) electrons. The number of nitrogens with zero attached hydrogens (tertiary/aromatic N) is 1. The van der Waals surface area contributed by atoms with Gasteiger partial charge in [-0.2, -0.15) is 0 Å². The number of hydrogen-bond donors (Lipinski definition) is 1. The first-order valence-corrected chi connectivity index (χ1v) is 11.1. The molecule has 0 bridgehead atoms. The van der Waals surface area contributed by atoms with E-state index in [1.807, 2.05) is 53.4 Å². The van der Waals surface area contributed by atoms with Gasteiger partial charge in [-0.25, -0.2) is 8.78 Å². The Hall–Kier alpha value is -4.25. The first-order chi connectivity index (χ1) is 16.6. The average molecular weight is 450 g/mol. The molecule has 0 spiro atoms. The summed E-state index contributed by atoms with van der Waals surface area (Å²) < 4.78 is 27.2. The average Bonchev–Trinajstić information content (AvgIpc) is 3.36. The second-order valence-electron chi connectivity index (χ2n) is 8.52. The summed E-state index contributed by atoms with van der Waals surface area (Å²) in [6.07, 6.45) is 0. The van der Waals surface area contributed by atoms with Crippen LogP contribution in [0.15, 0.2) is 97.1 Å². The monoisotopic (exact) mass is 450 g/mol. The number of para-hydroxylation sites is 1. The second kappa shape index (κ2) is 7.96. The van der Waals surface area contributed by atoms with Gasteiger partial charge in [0, 0.05) is 28.6 Å². The molecule has 1 aromatic heterocycles. The lowest BCUT2D eigenvalue weighted by atomic mass is 9.93. The Labute approximate surface area is 195 Å². The fourth-order valence-corrected chi connectivity index (χ4v) is 4.92. The van der Waals surface area contributed by atoms with Crippen LogP contribution in [0.25, 0.3) is 22.2 Å². The molecule has 166 valence electrons. The van der Waals surface area contributed by atoms with Crippen molar-refractivity contribution in [3.05, 3.63) is 131 Å². The summed E-state index contributed by atoms with van der Waals surface area (Å²) in [6.45, 7) is 0.334. The highest BCUT2D eigenvalue weighted by Gasteiger charge is 2.40. The minimum absolute atomic E-state index is 0.0692. The molecule has 1 aliphatic rings. The van der Waals surface area contributed by atoms with E-state index < -0.39 is 0 Å². The van der Waals surface area contributed by atoms with Crippen molar-refractivity contribution in [2.75, 3.05) is 0 Å². The molecule has 0 saturated carbocycles. The lowest BCUT2D eigenvalue weighted by Crippen LogP contribution is -2.28. The lowest BCUT2D eigenvalue weighted by Gasteiger charge is -2.27. The third-order valence-electron chi connectivity index (χ3n) is 6.48. The first kappa shape index (κ1) is 20.4. The van der Waals surface area contributed by atoms with Crippen molar-refractivity contribution >= 4 is 16.8 Å². The zero-order valence-corrected chi connectivity index (χ0v) is 18.1. The third kappa shape index (κ3) is 3.28. The number of carbonyl (C=O) groups is 1. The van der Waals surface area contributed by atoms with Crippen molar-refractivity contribution in [3.8, 4) is 11.3 Å². The highest BCUT2D eigenvalue weighted by molar-refractivity contribution is 6.02. The van der Waals surface area contributed by atoms with E-state index in [2.05, 4.69) is 4.98 Å². The van der Waals surface area contributed by atoms with Crippen molar-refractivity contribution < 1.29 is 13.6 Å². The zero-order valence-electron chi connectivity index (χ0n) is 18.1. The molecule has 5 aromatic rings. The number of carbonyl (C=O) groups excluding carboxylic acids is 1. The molecule has 0 saturated heterocycles. The number of hydrogen-bond acceptors (Lipinski definition) is 1. The van der Waals surface area contributed by atoms with Crippen molar-refractivity contribution in [3.63, 3.8) is 0 Å². The van der Waals surface area contributed by atoms with Crippen LogP contribution in [-0.4, -0.2) is 15.8 Å². The fraction of sp³-hybridized carbons (Fsp3) is 0.0690. The minimum Gasteiger partial charge on any atom is -0.354 e. The van der Waals surface area contributed by atoms with Gasteiger partial charge in [-0.1, -0.05) is 48.5 Å². The molecular formula is C29H20F2N2O. The van der Waals surface area contributed by atoms with Gasteiger partial charge in [-0.15, -0.1) is 0 Å². The highest BCUT2D eigenvalue weighted by Crippen LogP contribution is 2.46. The molecule has 0 fully saturated rings. The van der Waals surface area contributed by atoms with Gasteiger partial charge in [0.1, 0.15) is 11.6 Å². The van der Waals surface area contributed by atoms with Gasteiger partial charge in [0.05, 0.1) is 11.7 Å². The van der Waals surface area contributed by atoms with Crippen LogP contribution in [0.5, 0.6) is 0 Å². The van der Waals surface area contributed by atoms with Gasteiger partial charge < -0.3 is 9.88 Å². The SMILES string of the molecule is O=C1c2ccccc2C(c2c(-c3ccc(F)cc3)[nH]c3ccccc23)N1Cc1ccc(F)cc1. The Morgan fingerprint density at radius 2 is 1.41 bits per heavy atom. The molecule has 6 rings (SSSR count). The Balaban J connectivity index is 1.58. The molecule has 34 heavy (non-hydrogen) atoms. The van der Waals surface area contributed by atoms with E-state index in [0.29, 0.717) is 12.1 Å². The minimum atomic E-state index is -0.357. The molecule has 1 N–H and O–H groups in total. The Morgan fingerprint density at radius 1 is 0.765 bits per heavy atom. The summed E-state index contributed by atoms with van der Waals surface area (Å²) >= 11 is 0. The van der Waals surface area contributed by atoms with E-state index in [-0.39, 0.29) is 23.6 Å². The smallest absolute Gasteiger partial charge is 0.255 e. The summed E-state index contributed by atoms with van der Waals surface area (Å²) in [6, 6.07) is 27.9. The molecule has 1 atom stereocenters. The van der Waals surface area contributed by atoms with Gasteiger partial charge >= 0.3 is 0 Å². The van der Waals surface area contributed by atoms with E-state index in [9.17, 15) is 13.6 Å². The molecule has 4 aromatic carbocycles. The van der Waals surface area contributed by atoms with E-state index >= 15 is 0 Å². The van der Waals surface area contributed by atoms with Gasteiger partial charge in [-0.05, 0) is 65.2 Å². The standard InChI is InChI=1S/C29H20F2N2O/c30-20-13-9-18(10-14-20)17-33-28(22-5-1-2-6-23(22)29(33)34)26-24-7-3-4-8-25(24)32-27(26)19-11-15-21(31)16-12-19/h1-16,28,32H,17H2. The van der Waals surface area contributed by atoms with Crippen molar-refractivity contribution in [2.24, 2.45) is 0 Å². The number of halogens is 2. The predicted molar refractivity (Wildman–Crippen MR) is 128 cm³/mol. The quantitative estimate of drug-likeness (QED) is 0.319. The number of aromatic nitrogens is 1. The number of aromatic amines is 1. The summed E-state index contributed by atoms with van der Waals surface area (Å²) in [5.74, 6) is -0.687. The zero-order chi connectivity index (χ0) is 23.2. The van der Waals surface area contributed by atoms with Crippen molar-refractivity contribution in [1.29, 1.82) is 0 Å². The molecule has 0 aliphatic carbocycles. The Morgan fingerprint density at radius 3 is 2.18 bits per heavy atom. The summed E-state index contributed by atoms with van der Waals surface area (Å²) in [5, 5.41) is 1.00. The number of amides is 1. The van der Waals surface area contributed by atoms with Crippen LogP contribution in [0.2, 0.25) is 0 Å².